The fourth-order valence-corrected chi connectivity index (χ4v) is 2.71. The molecule has 1 unspecified atom stereocenters. The third-order valence-corrected chi connectivity index (χ3v) is 4.19. The minimum atomic E-state index is 0.501. The summed E-state index contributed by atoms with van der Waals surface area (Å²) >= 11 is 0. The number of hydrogen-bond acceptors (Lipinski definition) is 1. The largest absolute Gasteiger partial charge is 0.309 e. The fourth-order valence-electron chi connectivity index (χ4n) is 2.71. The zero-order chi connectivity index (χ0) is 13.0. The van der Waals surface area contributed by atoms with Crippen LogP contribution < -0.4 is 5.32 Å². The van der Waals surface area contributed by atoms with E-state index in [0.29, 0.717) is 11.5 Å². The number of aryl methyl sites for hydroxylation is 1. The van der Waals surface area contributed by atoms with Gasteiger partial charge in [0.15, 0.2) is 0 Å². The molecule has 18 heavy (non-hydrogen) atoms. The molecule has 0 bridgehead atoms. The Kier molecular flexibility index (Phi) is 4.45. The van der Waals surface area contributed by atoms with E-state index in [1.54, 1.807) is 0 Å². The van der Waals surface area contributed by atoms with Crippen LogP contribution in [0.15, 0.2) is 24.3 Å². The van der Waals surface area contributed by atoms with E-state index in [9.17, 15) is 0 Å². The first kappa shape index (κ1) is 13.6. The summed E-state index contributed by atoms with van der Waals surface area (Å²) in [6.45, 7) is 8.02. The maximum Gasteiger partial charge on any atom is 0.0374 e. The summed E-state index contributed by atoms with van der Waals surface area (Å²) < 4.78 is 0. The van der Waals surface area contributed by atoms with E-state index in [-0.39, 0.29) is 0 Å². The Morgan fingerprint density at radius 1 is 1.11 bits per heavy atom. The molecule has 1 nitrogen and oxygen atoms in total. The Morgan fingerprint density at radius 3 is 2.28 bits per heavy atom. The molecule has 2 rings (SSSR count). The minimum Gasteiger partial charge on any atom is -0.309 e. The summed E-state index contributed by atoms with van der Waals surface area (Å²) in [6, 6.07) is 9.84. The average Bonchev–Trinajstić information content (AvgIpc) is 3.11. The van der Waals surface area contributed by atoms with Gasteiger partial charge >= 0.3 is 0 Å². The van der Waals surface area contributed by atoms with Crippen molar-refractivity contribution in [3.8, 4) is 0 Å². The van der Waals surface area contributed by atoms with Gasteiger partial charge in [0.25, 0.3) is 0 Å². The summed E-state index contributed by atoms with van der Waals surface area (Å²) in [5.41, 5.74) is 3.45. The van der Waals surface area contributed by atoms with Crippen LogP contribution in [0.5, 0.6) is 0 Å². The molecule has 1 saturated carbocycles. The Bertz CT molecular complexity index is 362. The van der Waals surface area contributed by atoms with Crippen molar-refractivity contribution in [3.63, 3.8) is 0 Å². The van der Waals surface area contributed by atoms with Gasteiger partial charge in [-0.05, 0) is 48.8 Å². The van der Waals surface area contributed by atoms with E-state index < -0.39 is 0 Å². The lowest BCUT2D eigenvalue weighted by Crippen LogP contribution is -2.28. The molecule has 1 aromatic rings. The SMILES string of the molecule is CCCNC(c1ccc(CCC)cc1)C1(C)CC1. The van der Waals surface area contributed by atoms with Crippen LogP contribution in [0.3, 0.4) is 0 Å². The van der Waals surface area contributed by atoms with Gasteiger partial charge in [-0.2, -0.15) is 0 Å². The van der Waals surface area contributed by atoms with Crippen molar-refractivity contribution in [1.29, 1.82) is 0 Å². The van der Waals surface area contributed by atoms with Crippen molar-refractivity contribution >= 4 is 0 Å². The maximum absolute atomic E-state index is 3.74. The van der Waals surface area contributed by atoms with E-state index in [1.165, 1.54) is 43.2 Å². The third kappa shape index (κ3) is 3.14. The second-order valence-corrected chi connectivity index (χ2v) is 6.03. The van der Waals surface area contributed by atoms with Gasteiger partial charge < -0.3 is 5.32 Å². The standard InChI is InChI=1S/C17H27N/c1-4-6-14-7-9-15(10-8-14)16(18-13-5-2)17(3)11-12-17/h7-10,16,18H,4-6,11-13H2,1-3H3. The van der Waals surface area contributed by atoms with Crippen molar-refractivity contribution in [2.24, 2.45) is 5.41 Å². The normalized spacial score (nSPS) is 18.6. The number of nitrogens with one attached hydrogen (secondary N) is 1. The lowest BCUT2D eigenvalue weighted by Gasteiger charge is -2.25. The molecule has 0 aliphatic heterocycles. The van der Waals surface area contributed by atoms with Crippen LogP contribution in [0.2, 0.25) is 0 Å². The summed E-state index contributed by atoms with van der Waals surface area (Å²) in [4.78, 5) is 0. The van der Waals surface area contributed by atoms with Gasteiger partial charge in [0.05, 0.1) is 0 Å². The second kappa shape index (κ2) is 5.88. The molecule has 0 heterocycles. The van der Waals surface area contributed by atoms with E-state index >= 15 is 0 Å². The predicted molar refractivity (Wildman–Crippen MR) is 78.8 cm³/mol. The van der Waals surface area contributed by atoms with Crippen molar-refractivity contribution in [1.82, 2.24) is 5.32 Å². The van der Waals surface area contributed by atoms with Crippen LogP contribution in [-0.4, -0.2) is 6.54 Å². The minimum absolute atomic E-state index is 0.501. The molecule has 0 saturated heterocycles. The second-order valence-electron chi connectivity index (χ2n) is 6.03. The van der Waals surface area contributed by atoms with Crippen LogP contribution in [0, 0.1) is 5.41 Å². The molecular weight excluding hydrogens is 218 g/mol. The highest BCUT2D eigenvalue weighted by Crippen LogP contribution is 2.54. The van der Waals surface area contributed by atoms with Crippen LogP contribution in [-0.2, 0) is 6.42 Å². The van der Waals surface area contributed by atoms with Crippen molar-refractivity contribution < 1.29 is 0 Å². The first-order valence-corrected chi connectivity index (χ1v) is 7.52. The molecule has 0 radical (unpaired) electrons. The highest BCUT2D eigenvalue weighted by Gasteiger charge is 2.45. The number of rotatable bonds is 7. The highest BCUT2D eigenvalue weighted by atomic mass is 14.9. The summed E-state index contributed by atoms with van der Waals surface area (Å²) in [5.74, 6) is 0. The van der Waals surface area contributed by atoms with E-state index in [0.717, 1.165) is 6.54 Å². The molecule has 0 amide bonds. The Labute approximate surface area is 112 Å². The van der Waals surface area contributed by atoms with Gasteiger partial charge in [0, 0.05) is 6.04 Å². The van der Waals surface area contributed by atoms with Gasteiger partial charge in [-0.3, -0.25) is 0 Å². The van der Waals surface area contributed by atoms with Gasteiger partial charge in [-0.1, -0.05) is 51.5 Å². The Morgan fingerprint density at radius 2 is 1.78 bits per heavy atom. The molecule has 0 spiro atoms. The first-order valence-electron chi connectivity index (χ1n) is 7.52. The molecule has 1 aromatic carbocycles. The molecule has 100 valence electrons. The summed E-state index contributed by atoms with van der Waals surface area (Å²) in [7, 11) is 0. The van der Waals surface area contributed by atoms with Crippen LogP contribution in [0.4, 0.5) is 0 Å². The Hall–Kier alpha value is -0.820. The van der Waals surface area contributed by atoms with Crippen molar-refractivity contribution in [2.45, 2.75) is 58.9 Å². The molecule has 1 heteroatoms. The average molecular weight is 245 g/mol. The van der Waals surface area contributed by atoms with Crippen molar-refractivity contribution in [3.05, 3.63) is 35.4 Å². The molecule has 1 atom stereocenters. The van der Waals surface area contributed by atoms with Gasteiger partial charge in [0.1, 0.15) is 0 Å². The lowest BCUT2D eigenvalue weighted by molar-refractivity contribution is 0.366. The monoisotopic (exact) mass is 245 g/mol. The van der Waals surface area contributed by atoms with E-state index in [1.807, 2.05) is 0 Å². The zero-order valence-corrected chi connectivity index (χ0v) is 12.1. The molecule has 1 N–H and O–H groups in total. The van der Waals surface area contributed by atoms with Crippen molar-refractivity contribution in [2.75, 3.05) is 6.54 Å². The number of hydrogen-bond donors (Lipinski definition) is 1. The van der Waals surface area contributed by atoms with E-state index in [2.05, 4.69) is 50.4 Å². The van der Waals surface area contributed by atoms with Gasteiger partial charge in [-0.25, -0.2) is 0 Å². The first-order chi connectivity index (χ1) is 8.69. The predicted octanol–water partition coefficient (Wildman–Crippen LogP) is 4.48. The van der Waals surface area contributed by atoms with Gasteiger partial charge in [0.2, 0.25) is 0 Å². The number of benzene rings is 1. The fraction of sp³-hybridized carbons (Fsp3) is 0.647. The lowest BCUT2D eigenvalue weighted by atomic mass is 9.91. The molecule has 0 aromatic heterocycles. The van der Waals surface area contributed by atoms with Crippen LogP contribution >= 0.6 is 0 Å². The zero-order valence-electron chi connectivity index (χ0n) is 12.1. The third-order valence-electron chi connectivity index (χ3n) is 4.19. The summed E-state index contributed by atoms with van der Waals surface area (Å²) in [5, 5.41) is 3.74. The molecule has 1 aliphatic carbocycles. The highest BCUT2D eigenvalue weighted by molar-refractivity contribution is 5.28. The topological polar surface area (TPSA) is 12.0 Å². The molecular formula is C17H27N. The molecule has 1 fully saturated rings. The maximum atomic E-state index is 3.74. The molecule has 1 aliphatic rings. The Balaban J connectivity index is 2.09. The van der Waals surface area contributed by atoms with Gasteiger partial charge in [-0.15, -0.1) is 0 Å². The summed E-state index contributed by atoms with van der Waals surface area (Å²) in [6.07, 6.45) is 6.37. The van der Waals surface area contributed by atoms with E-state index in [4.69, 9.17) is 0 Å². The van der Waals surface area contributed by atoms with Crippen LogP contribution in [0.25, 0.3) is 0 Å². The van der Waals surface area contributed by atoms with Crippen LogP contribution in [0.1, 0.15) is 63.6 Å². The smallest absolute Gasteiger partial charge is 0.0374 e. The quantitative estimate of drug-likeness (QED) is 0.747.